The first-order chi connectivity index (χ1) is 8.99. The van der Waals surface area contributed by atoms with E-state index in [1.54, 1.807) is 4.90 Å². The van der Waals surface area contributed by atoms with Crippen LogP contribution in [0.2, 0.25) is 0 Å². The van der Waals surface area contributed by atoms with Crippen molar-refractivity contribution >= 4 is 16.9 Å². The summed E-state index contributed by atoms with van der Waals surface area (Å²) in [5.74, 6) is 0.275. The molecule has 1 N–H and O–H groups in total. The number of fused-ring (bicyclic) bond motifs is 1. The van der Waals surface area contributed by atoms with Crippen molar-refractivity contribution < 1.29 is 14.3 Å². The predicted octanol–water partition coefficient (Wildman–Crippen LogP) is 2.17. The Kier molecular flexibility index (Phi) is 2.64. The molecule has 1 aromatic carbocycles. The van der Waals surface area contributed by atoms with Crippen LogP contribution in [0.25, 0.3) is 11.0 Å². The van der Waals surface area contributed by atoms with Crippen molar-refractivity contribution in [3.05, 3.63) is 34.6 Å². The maximum absolute atomic E-state index is 12.3. The molecule has 3 rings (SSSR count). The second-order valence-corrected chi connectivity index (χ2v) is 5.32. The van der Waals surface area contributed by atoms with Crippen molar-refractivity contribution in [1.29, 1.82) is 0 Å². The third-order valence-electron chi connectivity index (χ3n) is 3.83. The van der Waals surface area contributed by atoms with Crippen molar-refractivity contribution in [2.75, 3.05) is 13.1 Å². The van der Waals surface area contributed by atoms with Crippen LogP contribution in [-0.4, -0.2) is 35.1 Å². The highest BCUT2D eigenvalue weighted by molar-refractivity contribution is 6.00. The fourth-order valence-electron chi connectivity index (χ4n) is 2.64. The summed E-state index contributed by atoms with van der Waals surface area (Å²) < 4.78 is 5.79. The van der Waals surface area contributed by atoms with E-state index in [2.05, 4.69) is 0 Å². The summed E-state index contributed by atoms with van der Waals surface area (Å²) in [7, 11) is 0. The van der Waals surface area contributed by atoms with Crippen molar-refractivity contribution in [3.8, 4) is 0 Å². The highest BCUT2D eigenvalue weighted by atomic mass is 16.3. The number of nitrogens with zero attached hydrogens (tertiary/aromatic N) is 1. The number of hydrogen-bond donors (Lipinski definition) is 1. The quantitative estimate of drug-likeness (QED) is 0.854. The number of aliphatic hydroxyl groups is 1. The second-order valence-electron chi connectivity index (χ2n) is 5.32. The minimum Gasteiger partial charge on any atom is -0.450 e. The molecule has 1 amide bonds. The van der Waals surface area contributed by atoms with Gasteiger partial charge in [0.1, 0.15) is 5.58 Å². The molecule has 1 fully saturated rings. The standard InChI is InChI=1S/C15H17NO3/c1-8-4-5-9(2)13-12(8)10(3)14(19-13)15(18)16-6-11(17)7-16/h4-5,11,17H,6-7H2,1-3H3. The zero-order valence-electron chi connectivity index (χ0n) is 11.4. The van der Waals surface area contributed by atoms with Gasteiger partial charge in [0.05, 0.1) is 6.10 Å². The third-order valence-corrected chi connectivity index (χ3v) is 3.83. The summed E-state index contributed by atoms with van der Waals surface area (Å²) in [6.07, 6.45) is -0.392. The van der Waals surface area contributed by atoms with Crippen LogP contribution in [0.1, 0.15) is 27.2 Å². The van der Waals surface area contributed by atoms with Crippen molar-refractivity contribution in [3.63, 3.8) is 0 Å². The maximum Gasteiger partial charge on any atom is 0.290 e. The lowest BCUT2D eigenvalue weighted by atomic mass is 10.0. The summed E-state index contributed by atoms with van der Waals surface area (Å²) in [5.41, 5.74) is 3.83. The van der Waals surface area contributed by atoms with E-state index in [0.29, 0.717) is 18.8 Å². The molecule has 0 aliphatic carbocycles. The first-order valence-electron chi connectivity index (χ1n) is 6.45. The molecule has 2 heterocycles. The Bertz CT molecular complexity index is 666. The number of carbonyl (C=O) groups is 1. The van der Waals surface area contributed by atoms with Crippen LogP contribution in [0.4, 0.5) is 0 Å². The van der Waals surface area contributed by atoms with Gasteiger partial charge in [-0.25, -0.2) is 0 Å². The summed E-state index contributed by atoms with van der Waals surface area (Å²) in [4.78, 5) is 13.9. The maximum atomic E-state index is 12.3. The number of furan rings is 1. The Morgan fingerprint density at radius 1 is 1.26 bits per heavy atom. The Morgan fingerprint density at radius 2 is 1.89 bits per heavy atom. The van der Waals surface area contributed by atoms with E-state index in [4.69, 9.17) is 4.42 Å². The number of aliphatic hydroxyl groups excluding tert-OH is 1. The van der Waals surface area contributed by atoms with E-state index in [-0.39, 0.29) is 5.91 Å². The van der Waals surface area contributed by atoms with Crippen LogP contribution in [0, 0.1) is 20.8 Å². The Balaban J connectivity index is 2.10. The molecule has 1 aliphatic heterocycles. The van der Waals surface area contributed by atoms with Crippen LogP contribution in [-0.2, 0) is 0 Å². The Morgan fingerprint density at radius 3 is 2.47 bits per heavy atom. The van der Waals surface area contributed by atoms with Crippen molar-refractivity contribution in [2.24, 2.45) is 0 Å². The molecule has 19 heavy (non-hydrogen) atoms. The van der Waals surface area contributed by atoms with Crippen molar-refractivity contribution in [2.45, 2.75) is 26.9 Å². The van der Waals surface area contributed by atoms with E-state index in [0.717, 1.165) is 27.7 Å². The lowest BCUT2D eigenvalue weighted by Gasteiger charge is -2.35. The summed E-state index contributed by atoms with van der Waals surface area (Å²) >= 11 is 0. The molecule has 0 saturated carbocycles. The minimum atomic E-state index is -0.392. The smallest absolute Gasteiger partial charge is 0.290 e. The number of hydrogen-bond acceptors (Lipinski definition) is 3. The molecule has 0 radical (unpaired) electrons. The van der Waals surface area contributed by atoms with Gasteiger partial charge in [0.2, 0.25) is 0 Å². The van der Waals surface area contributed by atoms with Gasteiger partial charge in [0.15, 0.2) is 5.76 Å². The molecule has 2 aromatic rings. The largest absolute Gasteiger partial charge is 0.450 e. The number of rotatable bonds is 1. The predicted molar refractivity (Wildman–Crippen MR) is 72.3 cm³/mol. The van der Waals surface area contributed by atoms with Crippen LogP contribution >= 0.6 is 0 Å². The van der Waals surface area contributed by atoms with E-state index in [1.807, 2.05) is 32.9 Å². The molecule has 0 spiro atoms. The number of likely N-dealkylation sites (tertiary alicyclic amines) is 1. The molecule has 4 heteroatoms. The van der Waals surface area contributed by atoms with Gasteiger partial charge in [-0.15, -0.1) is 0 Å². The number of carbonyl (C=O) groups excluding carboxylic acids is 1. The highest BCUT2D eigenvalue weighted by Gasteiger charge is 2.32. The summed E-state index contributed by atoms with van der Waals surface area (Å²) in [6, 6.07) is 4.05. The molecule has 4 nitrogen and oxygen atoms in total. The normalized spacial score (nSPS) is 15.9. The average Bonchev–Trinajstić information content (AvgIpc) is 2.68. The number of amides is 1. The molecule has 0 unspecified atom stereocenters. The van der Waals surface area contributed by atoms with Gasteiger partial charge >= 0.3 is 0 Å². The molecule has 1 aromatic heterocycles. The summed E-state index contributed by atoms with van der Waals surface area (Å²) in [6.45, 7) is 6.71. The molecule has 0 atom stereocenters. The van der Waals surface area contributed by atoms with E-state index in [1.165, 1.54) is 0 Å². The number of β-amino-alcohol motifs (C(OH)–C–C–N with tert-alkyl or cyclic N) is 1. The first kappa shape index (κ1) is 12.2. The SMILES string of the molecule is Cc1ccc(C)c2c(C)c(C(=O)N3CC(O)C3)oc12. The van der Waals surface area contributed by atoms with E-state index >= 15 is 0 Å². The molecule has 1 aliphatic rings. The van der Waals surface area contributed by atoms with Crippen molar-refractivity contribution in [1.82, 2.24) is 4.90 Å². The van der Waals surface area contributed by atoms with E-state index in [9.17, 15) is 9.90 Å². The van der Waals surface area contributed by atoms with Crippen LogP contribution in [0.3, 0.4) is 0 Å². The average molecular weight is 259 g/mol. The molecule has 100 valence electrons. The molecular weight excluding hydrogens is 242 g/mol. The highest BCUT2D eigenvalue weighted by Crippen LogP contribution is 2.31. The Hall–Kier alpha value is -1.81. The van der Waals surface area contributed by atoms with Crippen LogP contribution in [0.15, 0.2) is 16.5 Å². The third kappa shape index (κ3) is 1.75. The van der Waals surface area contributed by atoms with Gasteiger partial charge < -0.3 is 14.4 Å². The van der Waals surface area contributed by atoms with Gasteiger partial charge in [-0.1, -0.05) is 12.1 Å². The Labute approximate surface area is 111 Å². The zero-order valence-corrected chi connectivity index (χ0v) is 11.4. The van der Waals surface area contributed by atoms with Gasteiger partial charge in [-0.2, -0.15) is 0 Å². The zero-order chi connectivity index (χ0) is 13.7. The summed E-state index contributed by atoms with van der Waals surface area (Å²) in [5, 5.41) is 10.3. The lowest BCUT2D eigenvalue weighted by molar-refractivity contribution is 0.00399. The van der Waals surface area contributed by atoms with Gasteiger partial charge in [-0.3, -0.25) is 4.79 Å². The van der Waals surface area contributed by atoms with Gasteiger partial charge in [0.25, 0.3) is 5.91 Å². The molecule has 1 saturated heterocycles. The molecule has 0 bridgehead atoms. The number of aryl methyl sites for hydroxylation is 3. The number of benzene rings is 1. The topological polar surface area (TPSA) is 53.7 Å². The second kappa shape index (κ2) is 4.10. The fraction of sp³-hybridized carbons (Fsp3) is 0.400. The fourth-order valence-corrected chi connectivity index (χ4v) is 2.64. The van der Waals surface area contributed by atoms with Crippen LogP contribution < -0.4 is 0 Å². The van der Waals surface area contributed by atoms with Crippen LogP contribution in [0.5, 0.6) is 0 Å². The van der Waals surface area contributed by atoms with E-state index < -0.39 is 6.10 Å². The van der Waals surface area contributed by atoms with Gasteiger partial charge in [0, 0.05) is 24.0 Å². The monoisotopic (exact) mass is 259 g/mol. The minimum absolute atomic E-state index is 0.127. The lowest BCUT2D eigenvalue weighted by Crippen LogP contribution is -2.53. The van der Waals surface area contributed by atoms with Gasteiger partial charge in [-0.05, 0) is 31.9 Å². The first-order valence-corrected chi connectivity index (χ1v) is 6.45. The molecular formula is C15H17NO3.